The SMILES string of the molecule is COC(CNS(=O)(=O)Cc1ccc(C(F)(F)F)cc1)c1ccccc1C. The number of hydrogen-bond donors (Lipinski definition) is 1. The molecule has 2 aromatic rings. The molecule has 1 unspecified atom stereocenters. The van der Waals surface area contributed by atoms with Crippen LogP contribution in [0.2, 0.25) is 0 Å². The second-order valence-electron chi connectivity index (χ2n) is 5.88. The lowest BCUT2D eigenvalue weighted by Gasteiger charge is -2.18. The van der Waals surface area contributed by atoms with Crippen LogP contribution in [0.1, 0.15) is 28.4 Å². The van der Waals surface area contributed by atoms with E-state index in [-0.39, 0.29) is 12.1 Å². The maximum atomic E-state index is 12.6. The Hall–Kier alpha value is -1.90. The maximum Gasteiger partial charge on any atom is 0.416 e. The molecule has 8 heteroatoms. The summed E-state index contributed by atoms with van der Waals surface area (Å²) in [4.78, 5) is 0. The van der Waals surface area contributed by atoms with Crippen molar-refractivity contribution < 1.29 is 26.3 Å². The van der Waals surface area contributed by atoms with Gasteiger partial charge in [-0.15, -0.1) is 0 Å². The topological polar surface area (TPSA) is 55.4 Å². The summed E-state index contributed by atoms with van der Waals surface area (Å²) < 4.78 is 69.9. The van der Waals surface area contributed by atoms with Gasteiger partial charge in [0.2, 0.25) is 10.0 Å². The van der Waals surface area contributed by atoms with Gasteiger partial charge in [-0.2, -0.15) is 13.2 Å². The molecule has 26 heavy (non-hydrogen) atoms. The lowest BCUT2D eigenvalue weighted by Crippen LogP contribution is -2.30. The van der Waals surface area contributed by atoms with Crippen LogP contribution in [0.3, 0.4) is 0 Å². The van der Waals surface area contributed by atoms with Crippen molar-refractivity contribution in [3.8, 4) is 0 Å². The van der Waals surface area contributed by atoms with E-state index >= 15 is 0 Å². The van der Waals surface area contributed by atoms with E-state index in [1.165, 1.54) is 7.11 Å². The number of benzene rings is 2. The molecule has 1 N–H and O–H groups in total. The third-order valence-corrected chi connectivity index (χ3v) is 5.27. The monoisotopic (exact) mass is 387 g/mol. The highest BCUT2D eigenvalue weighted by Crippen LogP contribution is 2.29. The Morgan fingerprint density at radius 2 is 1.69 bits per heavy atom. The average molecular weight is 387 g/mol. The quantitative estimate of drug-likeness (QED) is 0.786. The number of hydrogen-bond acceptors (Lipinski definition) is 3. The molecule has 0 aliphatic rings. The minimum atomic E-state index is -4.45. The van der Waals surface area contributed by atoms with Crippen LogP contribution in [0, 0.1) is 6.92 Å². The number of sulfonamides is 1. The second kappa shape index (κ2) is 8.20. The van der Waals surface area contributed by atoms with Gasteiger partial charge in [0, 0.05) is 13.7 Å². The molecule has 0 amide bonds. The van der Waals surface area contributed by atoms with Crippen LogP contribution in [0.25, 0.3) is 0 Å². The van der Waals surface area contributed by atoms with Crippen molar-refractivity contribution in [2.75, 3.05) is 13.7 Å². The Kier molecular flexibility index (Phi) is 6.44. The number of ether oxygens (including phenoxy) is 1. The van der Waals surface area contributed by atoms with Crippen molar-refractivity contribution in [2.45, 2.75) is 25.0 Å². The van der Waals surface area contributed by atoms with E-state index in [1.54, 1.807) is 0 Å². The van der Waals surface area contributed by atoms with Gasteiger partial charge >= 0.3 is 6.18 Å². The molecule has 0 saturated carbocycles. The lowest BCUT2D eigenvalue weighted by atomic mass is 10.0. The van der Waals surface area contributed by atoms with E-state index in [4.69, 9.17) is 4.74 Å². The molecule has 0 aliphatic heterocycles. The van der Waals surface area contributed by atoms with Crippen LogP contribution in [0.4, 0.5) is 13.2 Å². The third kappa shape index (κ3) is 5.55. The highest BCUT2D eigenvalue weighted by Gasteiger charge is 2.30. The number of aryl methyl sites for hydroxylation is 1. The summed E-state index contributed by atoms with van der Waals surface area (Å²) in [6.45, 7) is 1.93. The second-order valence-corrected chi connectivity index (χ2v) is 7.69. The van der Waals surface area contributed by atoms with E-state index in [0.717, 1.165) is 35.4 Å². The van der Waals surface area contributed by atoms with Crippen molar-refractivity contribution in [1.29, 1.82) is 0 Å². The van der Waals surface area contributed by atoms with Crippen molar-refractivity contribution in [2.24, 2.45) is 0 Å². The maximum absolute atomic E-state index is 12.6. The number of nitrogens with one attached hydrogen (secondary N) is 1. The van der Waals surface area contributed by atoms with Crippen LogP contribution >= 0.6 is 0 Å². The number of methoxy groups -OCH3 is 1. The van der Waals surface area contributed by atoms with Gasteiger partial charge in [-0.25, -0.2) is 13.1 Å². The first-order valence-corrected chi connectivity index (χ1v) is 9.49. The van der Waals surface area contributed by atoms with Gasteiger partial charge in [0.25, 0.3) is 0 Å². The predicted octanol–water partition coefficient (Wildman–Crippen LogP) is 3.82. The molecule has 2 aromatic carbocycles. The van der Waals surface area contributed by atoms with Gasteiger partial charge in [0.1, 0.15) is 0 Å². The molecular formula is C18H20F3NO3S. The zero-order valence-electron chi connectivity index (χ0n) is 14.4. The first kappa shape index (κ1) is 20.4. The van der Waals surface area contributed by atoms with Gasteiger partial charge < -0.3 is 4.74 Å². The summed E-state index contributed by atoms with van der Waals surface area (Å²) in [7, 11) is -2.23. The number of halogens is 3. The Morgan fingerprint density at radius 3 is 2.23 bits per heavy atom. The first-order valence-electron chi connectivity index (χ1n) is 7.84. The Morgan fingerprint density at radius 1 is 1.08 bits per heavy atom. The highest BCUT2D eigenvalue weighted by atomic mass is 32.2. The zero-order valence-corrected chi connectivity index (χ0v) is 15.2. The van der Waals surface area contributed by atoms with Crippen LogP contribution in [0.15, 0.2) is 48.5 Å². The summed E-state index contributed by atoms with van der Waals surface area (Å²) in [5.41, 5.74) is 1.30. The molecule has 1 atom stereocenters. The highest BCUT2D eigenvalue weighted by molar-refractivity contribution is 7.88. The molecule has 0 spiro atoms. The fraction of sp³-hybridized carbons (Fsp3) is 0.333. The lowest BCUT2D eigenvalue weighted by molar-refractivity contribution is -0.137. The van der Waals surface area contributed by atoms with E-state index in [9.17, 15) is 21.6 Å². The summed E-state index contributed by atoms with van der Waals surface area (Å²) >= 11 is 0. The van der Waals surface area contributed by atoms with Gasteiger partial charge in [-0.1, -0.05) is 36.4 Å². The van der Waals surface area contributed by atoms with Crippen molar-refractivity contribution in [3.05, 3.63) is 70.8 Å². The first-order chi connectivity index (χ1) is 12.1. The molecule has 0 aromatic heterocycles. The summed E-state index contributed by atoms with van der Waals surface area (Å²) in [6, 6.07) is 11.5. The van der Waals surface area contributed by atoms with Crippen molar-refractivity contribution in [3.63, 3.8) is 0 Å². The molecular weight excluding hydrogens is 367 g/mol. The van der Waals surface area contributed by atoms with Crippen LogP contribution < -0.4 is 4.72 Å². The Balaban J connectivity index is 2.03. The van der Waals surface area contributed by atoms with Crippen molar-refractivity contribution >= 4 is 10.0 Å². The van der Waals surface area contributed by atoms with E-state index in [0.29, 0.717) is 0 Å². The number of rotatable bonds is 7. The summed E-state index contributed by atoms with van der Waals surface area (Å²) in [5.74, 6) is -0.407. The van der Waals surface area contributed by atoms with Crippen LogP contribution in [-0.2, 0) is 26.7 Å². The van der Waals surface area contributed by atoms with Gasteiger partial charge in [-0.05, 0) is 35.7 Å². The van der Waals surface area contributed by atoms with E-state index < -0.39 is 33.6 Å². The molecule has 0 fully saturated rings. The Bertz CT molecular complexity index is 834. The zero-order chi connectivity index (χ0) is 19.4. The Labute approximate surface area is 151 Å². The van der Waals surface area contributed by atoms with Crippen LogP contribution in [-0.4, -0.2) is 22.1 Å². The minimum Gasteiger partial charge on any atom is -0.375 e. The fourth-order valence-corrected chi connectivity index (χ4v) is 3.67. The van der Waals surface area contributed by atoms with Gasteiger partial charge in [0.15, 0.2) is 0 Å². The molecule has 0 aliphatic carbocycles. The smallest absolute Gasteiger partial charge is 0.375 e. The van der Waals surface area contributed by atoms with Crippen molar-refractivity contribution in [1.82, 2.24) is 4.72 Å². The fourth-order valence-electron chi connectivity index (χ4n) is 2.53. The van der Waals surface area contributed by atoms with E-state index in [1.807, 2.05) is 31.2 Å². The molecule has 0 saturated heterocycles. The molecule has 4 nitrogen and oxygen atoms in total. The summed E-state index contributed by atoms with van der Waals surface area (Å²) in [5, 5.41) is 0. The molecule has 0 heterocycles. The van der Waals surface area contributed by atoms with Gasteiger partial charge in [-0.3, -0.25) is 0 Å². The van der Waals surface area contributed by atoms with E-state index in [2.05, 4.69) is 4.72 Å². The van der Waals surface area contributed by atoms with Crippen LogP contribution in [0.5, 0.6) is 0 Å². The number of alkyl halides is 3. The molecule has 0 bridgehead atoms. The normalized spacial score (nSPS) is 13.6. The third-order valence-electron chi connectivity index (χ3n) is 3.95. The largest absolute Gasteiger partial charge is 0.416 e. The summed E-state index contributed by atoms with van der Waals surface area (Å²) in [6.07, 6.45) is -4.91. The predicted molar refractivity (Wildman–Crippen MR) is 93.0 cm³/mol. The molecule has 2 rings (SSSR count). The standard InChI is InChI=1S/C18H20F3NO3S/c1-13-5-3-4-6-16(13)17(25-2)11-22-26(23,24)12-14-7-9-15(10-8-14)18(19,20)21/h3-10,17,22H,11-12H2,1-2H3. The minimum absolute atomic E-state index is 0.0321. The molecule has 142 valence electrons. The van der Waals surface area contributed by atoms with Gasteiger partial charge in [0.05, 0.1) is 17.4 Å². The average Bonchev–Trinajstić information content (AvgIpc) is 2.56. The molecule has 0 radical (unpaired) electrons.